The third-order valence-corrected chi connectivity index (χ3v) is 9.02. The van der Waals surface area contributed by atoms with E-state index in [0.29, 0.717) is 17.9 Å². The molecule has 0 spiro atoms. The largest absolute Gasteiger partial charge is 0.497 e. The molecule has 1 aliphatic rings. The molecule has 0 aliphatic carbocycles. The highest BCUT2D eigenvalue weighted by atomic mass is 19.4. The molecule has 13 nitrogen and oxygen atoms in total. The lowest BCUT2D eigenvalue weighted by molar-refractivity contribution is -0.173. The zero-order valence-corrected chi connectivity index (χ0v) is 28.9. The van der Waals surface area contributed by atoms with Crippen LogP contribution in [0.15, 0.2) is 90.0 Å². The Balaban J connectivity index is 1.21. The van der Waals surface area contributed by atoms with Crippen molar-refractivity contribution in [2.75, 3.05) is 39.2 Å². The fraction of sp³-hybridized carbons (Fsp3) is 0.351. The molecule has 280 valence electrons. The van der Waals surface area contributed by atoms with Crippen LogP contribution in [-0.2, 0) is 19.9 Å². The Morgan fingerprint density at radius 1 is 0.943 bits per heavy atom. The fourth-order valence-electron chi connectivity index (χ4n) is 6.30. The highest BCUT2D eigenvalue weighted by Gasteiger charge is 2.42. The molecule has 1 aliphatic heterocycles. The minimum Gasteiger partial charge on any atom is -0.497 e. The zero-order chi connectivity index (χ0) is 37.6. The van der Waals surface area contributed by atoms with Crippen LogP contribution in [0.1, 0.15) is 42.2 Å². The second kappa shape index (κ2) is 16.1. The number of benzene rings is 3. The van der Waals surface area contributed by atoms with Gasteiger partial charge in [0.15, 0.2) is 11.2 Å². The first kappa shape index (κ1) is 37.3. The third-order valence-electron chi connectivity index (χ3n) is 9.02. The van der Waals surface area contributed by atoms with Gasteiger partial charge in [-0.05, 0) is 53.8 Å². The van der Waals surface area contributed by atoms with Crippen LogP contribution in [0.4, 0.5) is 19.1 Å². The molecule has 1 saturated heterocycles. The van der Waals surface area contributed by atoms with Crippen LogP contribution in [-0.4, -0.2) is 82.8 Å². The molecule has 3 heterocycles. The molecule has 1 amide bonds. The second-order valence-corrected chi connectivity index (χ2v) is 12.4. The van der Waals surface area contributed by atoms with E-state index >= 15 is 0 Å². The van der Waals surface area contributed by atoms with E-state index in [9.17, 15) is 27.9 Å². The lowest BCUT2D eigenvalue weighted by Crippen LogP contribution is -2.38. The van der Waals surface area contributed by atoms with Gasteiger partial charge < -0.3 is 34.7 Å². The molecule has 5 aromatic rings. The lowest BCUT2D eigenvalue weighted by Gasteiger charge is -2.37. The van der Waals surface area contributed by atoms with Gasteiger partial charge in [-0.2, -0.15) is 18.2 Å². The molecule has 16 heteroatoms. The van der Waals surface area contributed by atoms with Gasteiger partial charge in [-0.25, -0.2) is 4.98 Å². The summed E-state index contributed by atoms with van der Waals surface area (Å²) in [6.45, 7) is 0.0737. The number of carbonyl (C=O) groups excluding carboxylic acids is 1. The third kappa shape index (κ3) is 8.14. The standard InChI is InChI=1S/C37H39F3N6O7/c1-50-26-14-10-24(11-15-26)36(23-8-4-3-5-9-23,25-12-16-27(51-2)17-13-25)52-21-29-28(47)20-30(53-29)46-22-43-31-32(46)44-35(45-33(31)48)42-19-7-6-18-41-34(49)37(38,39)40/h3-5,8-17,22,28-30,47H,6-7,18-21H2,1-2H3,(H,41,49)(H2,42,44,45,48)/t28-,29+,30+/m0/s1. The van der Waals surface area contributed by atoms with Crippen LogP contribution in [0.25, 0.3) is 11.2 Å². The molecule has 0 bridgehead atoms. The van der Waals surface area contributed by atoms with E-state index < -0.39 is 41.7 Å². The summed E-state index contributed by atoms with van der Waals surface area (Å²) < 4.78 is 62.9. The Hall–Kier alpha value is -5.45. The van der Waals surface area contributed by atoms with Gasteiger partial charge in [0, 0.05) is 19.5 Å². The molecule has 2 aromatic heterocycles. The van der Waals surface area contributed by atoms with Gasteiger partial charge in [0.05, 0.1) is 33.3 Å². The van der Waals surface area contributed by atoms with Gasteiger partial charge in [0.2, 0.25) is 5.95 Å². The average Bonchev–Trinajstić information content (AvgIpc) is 3.77. The van der Waals surface area contributed by atoms with Crippen molar-refractivity contribution in [3.05, 3.63) is 112 Å². The number of aliphatic hydroxyl groups excluding tert-OH is 1. The summed E-state index contributed by atoms with van der Waals surface area (Å²) in [5.41, 5.74) is 1.09. The van der Waals surface area contributed by atoms with Crippen LogP contribution in [0.3, 0.4) is 0 Å². The Morgan fingerprint density at radius 3 is 2.15 bits per heavy atom. The quantitative estimate of drug-likeness (QED) is 0.0879. The maximum absolute atomic E-state index is 12.9. The van der Waals surface area contributed by atoms with Crippen molar-refractivity contribution in [2.24, 2.45) is 0 Å². The van der Waals surface area contributed by atoms with Crippen molar-refractivity contribution in [1.29, 1.82) is 0 Å². The highest BCUT2D eigenvalue weighted by Crippen LogP contribution is 2.43. The zero-order valence-electron chi connectivity index (χ0n) is 28.9. The molecule has 6 rings (SSSR count). The number of H-pyrrole nitrogens is 1. The fourth-order valence-corrected chi connectivity index (χ4v) is 6.30. The van der Waals surface area contributed by atoms with Crippen LogP contribution in [0.2, 0.25) is 0 Å². The average molecular weight is 737 g/mol. The van der Waals surface area contributed by atoms with E-state index in [-0.39, 0.29) is 49.7 Å². The van der Waals surface area contributed by atoms with Gasteiger partial charge in [0.1, 0.15) is 29.4 Å². The topological polar surface area (TPSA) is 162 Å². The first-order chi connectivity index (χ1) is 25.5. The molecule has 53 heavy (non-hydrogen) atoms. The Bertz CT molecular complexity index is 1990. The molecule has 4 N–H and O–H groups in total. The van der Waals surface area contributed by atoms with Crippen LogP contribution < -0.4 is 25.7 Å². The first-order valence-electron chi connectivity index (χ1n) is 16.9. The number of fused-ring (bicyclic) bond motifs is 1. The normalized spacial score (nSPS) is 17.5. The van der Waals surface area contributed by atoms with E-state index in [4.69, 9.17) is 18.9 Å². The summed E-state index contributed by atoms with van der Waals surface area (Å²) in [4.78, 5) is 35.2. The number of ether oxygens (including phenoxy) is 4. The maximum Gasteiger partial charge on any atom is 0.471 e. The second-order valence-electron chi connectivity index (χ2n) is 12.4. The minimum atomic E-state index is -4.94. The number of halogens is 3. The summed E-state index contributed by atoms with van der Waals surface area (Å²) in [6.07, 6.45) is -5.18. The molecule has 3 aromatic carbocycles. The van der Waals surface area contributed by atoms with Gasteiger partial charge >= 0.3 is 12.1 Å². The summed E-state index contributed by atoms with van der Waals surface area (Å²) in [7, 11) is 3.19. The van der Waals surface area contributed by atoms with Gasteiger partial charge in [-0.3, -0.25) is 19.1 Å². The molecule has 0 saturated carbocycles. The number of nitrogens with one attached hydrogen (secondary N) is 3. The number of aliphatic hydroxyl groups is 1. The van der Waals surface area contributed by atoms with E-state index in [1.165, 1.54) is 6.33 Å². The number of hydrogen-bond donors (Lipinski definition) is 4. The Morgan fingerprint density at radius 2 is 1.55 bits per heavy atom. The Labute approximate surface area is 302 Å². The van der Waals surface area contributed by atoms with Gasteiger partial charge in [-0.15, -0.1) is 0 Å². The summed E-state index contributed by atoms with van der Waals surface area (Å²) in [5.74, 6) is -0.520. The van der Waals surface area contributed by atoms with E-state index in [0.717, 1.165) is 16.7 Å². The van der Waals surface area contributed by atoms with Crippen molar-refractivity contribution in [3.8, 4) is 11.5 Å². The minimum absolute atomic E-state index is 0.0263. The number of nitrogens with zero attached hydrogens (tertiary/aromatic N) is 3. The summed E-state index contributed by atoms with van der Waals surface area (Å²) in [5, 5.41) is 16.1. The SMILES string of the molecule is COc1ccc(C(OC[C@H]2O[C@@H](n3cnc4c(=O)[nH]c(NCCCCNC(=O)C(F)(F)F)nc43)C[C@@H]2O)(c2ccccc2)c2ccc(OC)cc2)cc1. The molecule has 1 fully saturated rings. The number of alkyl halides is 3. The van der Waals surface area contributed by atoms with Crippen molar-refractivity contribution in [1.82, 2.24) is 24.8 Å². The van der Waals surface area contributed by atoms with Crippen LogP contribution in [0.5, 0.6) is 11.5 Å². The molecule has 3 atom stereocenters. The predicted octanol–water partition coefficient (Wildman–Crippen LogP) is 4.66. The number of aromatic amines is 1. The highest BCUT2D eigenvalue weighted by molar-refractivity contribution is 5.81. The van der Waals surface area contributed by atoms with Gasteiger partial charge in [0.25, 0.3) is 5.56 Å². The number of hydrogen-bond acceptors (Lipinski definition) is 10. The summed E-state index contributed by atoms with van der Waals surface area (Å²) >= 11 is 0. The monoisotopic (exact) mass is 736 g/mol. The van der Waals surface area contributed by atoms with E-state index in [2.05, 4.69) is 20.3 Å². The number of amides is 1. The van der Waals surface area contributed by atoms with Crippen LogP contribution in [0, 0.1) is 0 Å². The summed E-state index contributed by atoms with van der Waals surface area (Å²) in [6, 6.07) is 24.9. The smallest absolute Gasteiger partial charge is 0.471 e. The number of carbonyl (C=O) groups is 1. The number of unbranched alkanes of at least 4 members (excludes halogenated alkanes) is 1. The lowest BCUT2D eigenvalue weighted by atomic mass is 9.80. The van der Waals surface area contributed by atoms with Crippen molar-refractivity contribution < 1.29 is 42.0 Å². The van der Waals surface area contributed by atoms with Crippen molar-refractivity contribution in [3.63, 3.8) is 0 Å². The first-order valence-corrected chi connectivity index (χ1v) is 16.9. The van der Waals surface area contributed by atoms with E-state index in [1.54, 1.807) is 18.8 Å². The molecular formula is C37H39F3N6O7. The predicted molar refractivity (Wildman–Crippen MR) is 188 cm³/mol. The Kier molecular flexibility index (Phi) is 11.3. The van der Waals surface area contributed by atoms with Crippen molar-refractivity contribution in [2.45, 2.75) is 49.5 Å². The van der Waals surface area contributed by atoms with Crippen molar-refractivity contribution >= 4 is 23.0 Å². The molecular weight excluding hydrogens is 697 g/mol. The van der Waals surface area contributed by atoms with Crippen LogP contribution >= 0.6 is 0 Å². The number of anilines is 1. The number of rotatable bonds is 15. The van der Waals surface area contributed by atoms with Gasteiger partial charge in [-0.1, -0.05) is 54.6 Å². The number of aromatic nitrogens is 4. The number of methoxy groups -OCH3 is 2. The maximum atomic E-state index is 12.9. The molecule has 0 unspecified atom stereocenters. The number of imidazole rings is 1. The molecule has 0 radical (unpaired) electrons. The van der Waals surface area contributed by atoms with E-state index in [1.807, 2.05) is 84.2 Å².